The van der Waals surface area contributed by atoms with Crippen LogP contribution in [-0.4, -0.2) is 71.1 Å². The van der Waals surface area contributed by atoms with E-state index in [1.54, 1.807) is 18.2 Å². The summed E-state index contributed by atoms with van der Waals surface area (Å²) in [6, 6.07) is 8.45. The van der Waals surface area contributed by atoms with Gasteiger partial charge >= 0.3 is 0 Å². The molecule has 0 unspecified atom stereocenters. The van der Waals surface area contributed by atoms with Gasteiger partial charge in [-0.1, -0.05) is 30.7 Å². The van der Waals surface area contributed by atoms with Gasteiger partial charge in [0.25, 0.3) is 0 Å². The fourth-order valence-corrected chi connectivity index (χ4v) is 3.77. The summed E-state index contributed by atoms with van der Waals surface area (Å²) in [6.45, 7) is 6.98. The standard InChI is InChI=1S/C26H29FN6O/c1-19(8-6-13-32(2)3)33-14-12-21(17-33)31-26-22-16-20(30-25(22)28-18-29-26)9-7-15-34-24-11-5-4-10-23(24)27/h4-6,8,10-11,16,18,21H,1,12-15,17H2,2-3H3,(H2,28,29,30,31)/b8-6+/t21-/m1/s1. The van der Waals surface area contributed by atoms with Crippen LogP contribution in [0.4, 0.5) is 10.2 Å². The molecular weight excluding hydrogens is 431 g/mol. The number of nitrogens with one attached hydrogen (secondary N) is 2. The Balaban J connectivity index is 1.37. The predicted octanol–water partition coefficient (Wildman–Crippen LogP) is 3.65. The lowest BCUT2D eigenvalue weighted by atomic mass is 10.2. The Bertz CT molecular complexity index is 1240. The first-order valence-corrected chi connectivity index (χ1v) is 11.2. The van der Waals surface area contributed by atoms with Crippen molar-refractivity contribution in [2.24, 2.45) is 0 Å². The fraction of sp³-hybridized carbons (Fsp3) is 0.308. The summed E-state index contributed by atoms with van der Waals surface area (Å²) in [7, 11) is 4.09. The number of fused-ring (bicyclic) bond motifs is 1. The number of aromatic nitrogens is 3. The first-order chi connectivity index (χ1) is 16.5. The topological polar surface area (TPSA) is 69.3 Å². The van der Waals surface area contributed by atoms with Gasteiger partial charge in [0, 0.05) is 31.4 Å². The van der Waals surface area contributed by atoms with Crippen molar-refractivity contribution in [3.63, 3.8) is 0 Å². The van der Waals surface area contributed by atoms with Crippen LogP contribution in [0.2, 0.25) is 0 Å². The second-order valence-electron chi connectivity index (χ2n) is 8.42. The van der Waals surface area contributed by atoms with E-state index in [4.69, 9.17) is 4.74 Å². The molecule has 0 spiro atoms. The molecule has 7 nitrogen and oxygen atoms in total. The van der Waals surface area contributed by atoms with Crippen molar-refractivity contribution in [2.45, 2.75) is 12.5 Å². The number of anilines is 1. The third-order valence-electron chi connectivity index (χ3n) is 5.50. The van der Waals surface area contributed by atoms with Crippen LogP contribution in [0.25, 0.3) is 11.0 Å². The number of halogens is 1. The van der Waals surface area contributed by atoms with Crippen molar-refractivity contribution < 1.29 is 9.13 Å². The highest BCUT2D eigenvalue weighted by Gasteiger charge is 2.23. The number of hydrogen-bond donors (Lipinski definition) is 2. The number of para-hydroxylation sites is 1. The van der Waals surface area contributed by atoms with E-state index in [9.17, 15) is 4.39 Å². The highest BCUT2D eigenvalue weighted by molar-refractivity contribution is 5.88. The maximum absolute atomic E-state index is 13.6. The SMILES string of the molecule is C=C(/C=C/CN(C)C)N1CC[C@@H](Nc2ncnc3[nH]c(C#CCOc4ccccc4F)cc23)C1. The van der Waals surface area contributed by atoms with E-state index in [-0.39, 0.29) is 18.4 Å². The van der Waals surface area contributed by atoms with Gasteiger partial charge in [-0.25, -0.2) is 14.4 Å². The summed E-state index contributed by atoms with van der Waals surface area (Å²) >= 11 is 0. The van der Waals surface area contributed by atoms with Crippen molar-refractivity contribution >= 4 is 16.9 Å². The highest BCUT2D eigenvalue weighted by atomic mass is 19.1. The molecule has 176 valence electrons. The molecule has 1 atom stereocenters. The van der Waals surface area contributed by atoms with Gasteiger partial charge in [-0.05, 0) is 50.7 Å². The second-order valence-corrected chi connectivity index (χ2v) is 8.42. The molecule has 0 amide bonds. The van der Waals surface area contributed by atoms with Crippen LogP contribution in [0.3, 0.4) is 0 Å². The van der Waals surface area contributed by atoms with E-state index >= 15 is 0 Å². The number of nitrogens with zero attached hydrogens (tertiary/aromatic N) is 4. The Morgan fingerprint density at radius 2 is 2.24 bits per heavy atom. The zero-order valence-electron chi connectivity index (χ0n) is 19.5. The summed E-state index contributed by atoms with van der Waals surface area (Å²) in [5, 5.41) is 4.43. The van der Waals surface area contributed by atoms with Gasteiger partial charge in [-0.3, -0.25) is 0 Å². The summed E-state index contributed by atoms with van der Waals surface area (Å²) in [5.74, 6) is 6.48. The van der Waals surface area contributed by atoms with Crippen LogP contribution >= 0.6 is 0 Å². The summed E-state index contributed by atoms with van der Waals surface area (Å²) in [6.07, 6.45) is 6.74. The molecule has 1 fully saturated rings. The zero-order chi connectivity index (χ0) is 23.9. The van der Waals surface area contributed by atoms with Crippen molar-refractivity contribution in [3.05, 3.63) is 72.6 Å². The first-order valence-electron chi connectivity index (χ1n) is 11.2. The molecule has 0 saturated carbocycles. The van der Waals surface area contributed by atoms with Gasteiger partial charge in [0.05, 0.1) is 11.1 Å². The Labute approximate surface area is 199 Å². The molecule has 2 N–H and O–H groups in total. The Hall–Kier alpha value is -3.83. The van der Waals surface area contributed by atoms with E-state index in [2.05, 4.69) is 60.6 Å². The van der Waals surface area contributed by atoms with Crippen molar-refractivity contribution in [3.8, 4) is 17.6 Å². The average molecular weight is 461 g/mol. The van der Waals surface area contributed by atoms with Crippen LogP contribution in [0.5, 0.6) is 5.75 Å². The molecule has 0 radical (unpaired) electrons. The smallest absolute Gasteiger partial charge is 0.165 e. The lowest BCUT2D eigenvalue weighted by molar-refractivity contribution is 0.348. The molecule has 1 aromatic carbocycles. The summed E-state index contributed by atoms with van der Waals surface area (Å²) in [5.41, 5.74) is 2.43. The molecule has 0 aliphatic carbocycles. The van der Waals surface area contributed by atoms with Crippen LogP contribution in [0.1, 0.15) is 12.1 Å². The summed E-state index contributed by atoms with van der Waals surface area (Å²) < 4.78 is 19.0. The number of ether oxygens (including phenoxy) is 1. The number of allylic oxidation sites excluding steroid dienone is 1. The van der Waals surface area contributed by atoms with Crippen molar-refractivity contribution in [1.29, 1.82) is 0 Å². The fourth-order valence-electron chi connectivity index (χ4n) is 3.77. The molecule has 2 aromatic heterocycles. The van der Waals surface area contributed by atoms with Gasteiger partial charge in [0.15, 0.2) is 11.6 Å². The average Bonchev–Trinajstić information content (AvgIpc) is 3.45. The lowest BCUT2D eigenvalue weighted by Crippen LogP contribution is -2.25. The van der Waals surface area contributed by atoms with Crippen LogP contribution in [0, 0.1) is 17.7 Å². The van der Waals surface area contributed by atoms with Gasteiger partial charge in [0.2, 0.25) is 0 Å². The quantitative estimate of drug-likeness (QED) is 0.395. The molecule has 0 bridgehead atoms. The lowest BCUT2D eigenvalue weighted by Gasteiger charge is -2.19. The first kappa shape index (κ1) is 23.3. The third-order valence-corrected chi connectivity index (χ3v) is 5.50. The molecule has 3 aromatic rings. The molecular formula is C26H29FN6O. The van der Waals surface area contributed by atoms with E-state index in [0.29, 0.717) is 11.3 Å². The minimum Gasteiger partial charge on any atom is -0.478 e. The van der Waals surface area contributed by atoms with E-state index < -0.39 is 5.82 Å². The van der Waals surface area contributed by atoms with Gasteiger partial charge < -0.3 is 24.8 Å². The zero-order valence-corrected chi connectivity index (χ0v) is 19.5. The minimum atomic E-state index is -0.403. The van der Waals surface area contributed by atoms with Crippen LogP contribution in [-0.2, 0) is 0 Å². The number of H-pyrrole nitrogens is 1. The van der Waals surface area contributed by atoms with E-state index in [1.165, 1.54) is 12.4 Å². The second kappa shape index (κ2) is 10.9. The normalized spacial score (nSPS) is 15.6. The Morgan fingerprint density at radius 3 is 3.06 bits per heavy atom. The monoisotopic (exact) mass is 460 g/mol. The number of rotatable bonds is 8. The molecule has 1 saturated heterocycles. The number of likely N-dealkylation sites (N-methyl/N-ethyl adjacent to an activating group) is 1. The van der Waals surface area contributed by atoms with Crippen molar-refractivity contribution in [2.75, 3.05) is 45.7 Å². The van der Waals surface area contributed by atoms with E-state index in [0.717, 1.165) is 43.0 Å². The van der Waals surface area contributed by atoms with Gasteiger partial charge in [-0.2, -0.15) is 0 Å². The molecule has 3 heterocycles. The summed E-state index contributed by atoms with van der Waals surface area (Å²) in [4.78, 5) is 16.4. The molecule has 34 heavy (non-hydrogen) atoms. The largest absolute Gasteiger partial charge is 0.478 e. The maximum atomic E-state index is 13.6. The maximum Gasteiger partial charge on any atom is 0.165 e. The van der Waals surface area contributed by atoms with E-state index in [1.807, 2.05) is 20.2 Å². The van der Waals surface area contributed by atoms with Gasteiger partial charge in [-0.15, -0.1) is 0 Å². The van der Waals surface area contributed by atoms with Crippen LogP contribution in [0.15, 0.2) is 61.1 Å². The molecule has 1 aliphatic rings. The number of hydrogen-bond acceptors (Lipinski definition) is 6. The number of likely N-dealkylation sites (tertiary alicyclic amines) is 1. The predicted molar refractivity (Wildman–Crippen MR) is 133 cm³/mol. The van der Waals surface area contributed by atoms with Crippen LogP contribution < -0.4 is 10.1 Å². The number of benzene rings is 1. The number of aromatic amines is 1. The Morgan fingerprint density at radius 1 is 1.38 bits per heavy atom. The van der Waals surface area contributed by atoms with Gasteiger partial charge in [0.1, 0.15) is 24.4 Å². The van der Waals surface area contributed by atoms with Crippen molar-refractivity contribution in [1.82, 2.24) is 24.8 Å². The Kier molecular flexibility index (Phi) is 7.45. The molecule has 4 rings (SSSR count). The highest BCUT2D eigenvalue weighted by Crippen LogP contribution is 2.24. The third kappa shape index (κ3) is 5.94. The molecule has 1 aliphatic heterocycles. The molecule has 8 heteroatoms. The minimum absolute atomic E-state index is 0.0812.